The number of nitrogens with one attached hydrogen (secondary N) is 1. The summed E-state index contributed by atoms with van der Waals surface area (Å²) >= 11 is 0. The number of hydrazine groups is 1. The Morgan fingerprint density at radius 1 is 1.24 bits per heavy atom. The molecule has 0 saturated carbocycles. The van der Waals surface area contributed by atoms with Gasteiger partial charge >= 0.3 is 0 Å². The summed E-state index contributed by atoms with van der Waals surface area (Å²) < 4.78 is 13.1. The third-order valence-electron chi connectivity index (χ3n) is 3.23. The van der Waals surface area contributed by atoms with Crippen molar-refractivity contribution in [3.63, 3.8) is 0 Å². The molecule has 0 spiro atoms. The Balaban J connectivity index is 1.83. The number of rotatable bonds is 3. The van der Waals surface area contributed by atoms with Gasteiger partial charge in [0.1, 0.15) is 5.82 Å². The SMILES string of the molecule is Cc1cc(CNN2CCN(C)CC2)ccc1F. The minimum Gasteiger partial charge on any atom is -0.304 e. The smallest absolute Gasteiger partial charge is 0.126 e. The minimum absolute atomic E-state index is 0.131. The summed E-state index contributed by atoms with van der Waals surface area (Å²) in [6, 6.07) is 5.28. The van der Waals surface area contributed by atoms with E-state index in [2.05, 4.69) is 22.4 Å². The van der Waals surface area contributed by atoms with E-state index in [-0.39, 0.29) is 5.82 Å². The molecule has 1 N–H and O–H groups in total. The third kappa shape index (κ3) is 3.49. The van der Waals surface area contributed by atoms with Gasteiger partial charge in [-0.15, -0.1) is 0 Å². The van der Waals surface area contributed by atoms with Gasteiger partial charge in [0.25, 0.3) is 0 Å². The van der Waals surface area contributed by atoms with E-state index < -0.39 is 0 Å². The summed E-state index contributed by atoms with van der Waals surface area (Å²) in [5.74, 6) is -0.131. The van der Waals surface area contributed by atoms with Gasteiger partial charge in [-0.2, -0.15) is 0 Å². The van der Waals surface area contributed by atoms with Crippen LogP contribution in [0, 0.1) is 12.7 Å². The van der Waals surface area contributed by atoms with E-state index in [9.17, 15) is 4.39 Å². The van der Waals surface area contributed by atoms with E-state index in [0.717, 1.165) is 38.3 Å². The van der Waals surface area contributed by atoms with Crippen molar-refractivity contribution in [3.8, 4) is 0 Å². The van der Waals surface area contributed by atoms with Gasteiger partial charge in [0.2, 0.25) is 0 Å². The molecule has 17 heavy (non-hydrogen) atoms. The molecule has 2 rings (SSSR count). The highest BCUT2D eigenvalue weighted by Crippen LogP contribution is 2.09. The summed E-state index contributed by atoms with van der Waals surface area (Å²) in [6.45, 7) is 6.83. The van der Waals surface area contributed by atoms with Gasteiger partial charge in [-0.3, -0.25) is 5.43 Å². The molecular formula is C13H20FN3. The molecule has 0 atom stereocenters. The largest absolute Gasteiger partial charge is 0.304 e. The van der Waals surface area contributed by atoms with Crippen molar-refractivity contribution >= 4 is 0 Å². The quantitative estimate of drug-likeness (QED) is 0.857. The van der Waals surface area contributed by atoms with Gasteiger partial charge in [-0.25, -0.2) is 9.40 Å². The Labute approximate surface area is 102 Å². The first kappa shape index (κ1) is 12.5. The van der Waals surface area contributed by atoms with Crippen LogP contribution in [0.1, 0.15) is 11.1 Å². The molecule has 0 aliphatic carbocycles. The van der Waals surface area contributed by atoms with Crippen LogP contribution in [0.25, 0.3) is 0 Å². The zero-order valence-electron chi connectivity index (χ0n) is 10.5. The monoisotopic (exact) mass is 237 g/mol. The van der Waals surface area contributed by atoms with Crippen LogP contribution in [-0.4, -0.2) is 43.1 Å². The van der Waals surface area contributed by atoms with Crippen LogP contribution in [0.3, 0.4) is 0 Å². The highest BCUT2D eigenvalue weighted by Gasteiger charge is 2.12. The lowest BCUT2D eigenvalue weighted by molar-refractivity contribution is 0.102. The summed E-state index contributed by atoms with van der Waals surface area (Å²) in [6.07, 6.45) is 0. The molecule has 4 heteroatoms. The maximum absolute atomic E-state index is 13.1. The maximum atomic E-state index is 13.1. The third-order valence-corrected chi connectivity index (χ3v) is 3.23. The zero-order chi connectivity index (χ0) is 12.3. The molecule has 1 saturated heterocycles. The summed E-state index contributed by atoms with van der Waals surface area (Å²) in [4.78, 5) is 2.32. The molecule has 0 amide bonds. The van der Waals surface area contributed by atoms with Crippen molar-refractivity contribution in [2.24, 2.45) is 0 Å². The van der Waals surface area contributed by atoms with Crippen molar-refractivity contribution in [2.45, 2.75) is 13.5 Å². The molecule has 0 unspecified atom stereocenters. The maximum Gasteiger partial charge on any atom is 0.126 e. The molecule has 1 aliphatic heterocycles. The average Bonchev–Trinajstić information content (AvgIpc) is 2.33. The Morgan fingerprint density at radius 3 is 2.59 bits per heavy atom. The van der Waals surface area contributed by atoms with E-state index in [1.165, 1.54) is 6.07 Å². The van der Waals surface area contributed by atoms with E-state index >= 15 is 0 Å². The van der Waals surface area contributed by atoms with E-state index in [4.69, 9.17) is 0 Å². The van der Waals surface area contributed by atoms with Crippen molar-refractivity contribution < 1.29 is 4.39 Å². The van der Waals surface area contributed by atoms with Crippen LogP contribution >= 0.6 is 0 Å². The molecule has 1 aromatic carbocycles. The van der Waals surface area contributed by atoms with Crippen LogP contribution in [0.4, 0.5) is 4.39 Å². The van der Waals surface area contributed by atoms with Gasteiger partial charge in [0.15, 0.2) is 0 Å². The van der Waals surface area contributed by atoms with Crippen LogP contribution in [0.2, 0.25) is 0 Å². The standard InChI is InChI=1S/C13H20FN3/c1-11-9-12(3-4-13(11)14)10-15-17-7-5-16(2)6-8-17/h3-4,9,15H,5-8,10H2,1-2H3. The first-order valence-corrected chi connectivity index (χ1v) is 6.07. The fraction of sp³-hybridized carbons (Fsp3) is 0.538. The van der Waals surface area contributed by atoms with E-state index in [1.54, 1.807) is 6.92 Å². The number of likely N-dealkylation sites (N-methyl/N-ethyl adjacent to an activating group) is 1. The van der Waals surface area contributed by atoms with Crippen molar-refractivity contribution in [2.75, 3.05) is 33.2 Å². The van der Waals surface area contributed by atoms with Gasteiger partial charge in [0, 0.05) is 32.7 Å². The zero-order valence-corrected chi connectivity index (χ0v) is 10.5. The lowest BCUT2D eigenvalue weighted by Crippen LogP contribution is -2.50. The highest BCUT2D eigenvalue weighted by atomic mass is 19.1. The van der Waals surface area contributed by atoms with Crippen LogP contribution < -0.4 is 5.43 Å². The lowest BCUT2D eigenvalue weighted by atomic mass is 10.1. The number of benzene rings is 1. The number of hydrogen-bond donors (Lipinski definition) is 1. The molecule has 0 aromatic heterocycles. The first-order chi connectivity index (χ1) is 8.15. The second kappa shape index (κ2) is 5.58. The molecule has 0 radical (unpaired) electrons. The van der Waals surface area contributed by atoms with Gasteiger partial charge < -0.3 is 4.90 Å². The summed E-state index contributed by atoms with van der Waals surface area (Å²) in [5.41, 5.74) is 5.23. The number of nitrogens with zero attached hydrogens (tertiary/aromatic N) is 2. The lowest BCUT2D eigenvalue weighted by Gasteiger charge is -2.32. The normalized spacial score (nSPS) is 18.5. The molecule has 3 nitrogen and oxygen atoms in total. The second-order valence-corrected chi connectivity index (χ2v) is 4.71. The van der Waals surface area contributed by atoms with Gasteiger partial charge in [-0.05, 0) is 31.2 Å². The fourth-order valence-electron chi connectivity index (χ4n) is 1.98. The molecule has 1 heterocycles. The molecule has 94 valence electrons. The number of halogens is 1. The molecular weight excluding hydrogens is 217 g/mol. The Morgan fingerprint density at radius 2 is 1.94 bits per heavy atom. The summed E-state index contributed by atoms with van der Waals surface area (Å²) in [5, 5.41) is 2.23. The molecule has 1 aromatic rings. The predicted molar refractivity (Wildman–Crippen MR) is 67.0 cm³/mol. The second-order valence-electron chi connectivity index (χ2n) is 4.71. The van der Waals surface area contributed by atoms with Gasteiger partial charge in [-0.1, -0.05) is 12.1 Å². The molecule has 1 fully saturated rings. The average molecular weight is 237 g/mol. The number of piperazine rings is 1. The van der Waals surface area contributed by atoms with E-state index in [1.807, 2.05) is 12.1 Å². The number of aryl methyl sites for hydroxylation is 1. The Kier molecular flexibility index (Phi) is 4.10. The minimum atomic E-state index is -0.131. The molecule has 1 aliphatic rings. The molecule has 0 bridgehead atoms. The van der Waals surface area contributed by atoms with E-state index in [0.29, 0.717) is 5.56 Å². The van der Waals surface area contributed by atoms with Crippen molar-refractivity contribution in [3.05, 3.63) is 35.1 Å². The topological polar surface area (TPSA) is 18.5 Å². The van der Waals surface area contributed by atoms with Crippen LogP contribution in [0.15, 0.2) is 18.2 Å². The summed E-state index contributed by atoms with van der Waals surface area (Å²) in [7, 11) is 2.14. The van der Waals surface area contributed by atoms with Crippen LogP contribution in [0.5, 0.6) is 0 Å². The highest BCUT2D eigenvalue weighted by molar-refractivity contribution is 5.23. The Hall–Kier alpha value is -0.970. The van der Waals surface area contributed by atoms with Gasteiger partial charge in [0.05, 0.1) is 0 Å². The van der Waals surface area contributed by atoms with Crippen molar-refractivity contribution in [1.29, 1.82) is 0 Å². The predicted octanol–water partition coefficient (Wildman–Crippen LogP) is 1.39. The fourth-order valence-corrected chi connectivity index (χ4v) is 1.98. The Bertz CT molecular complexity index is 373. The van der Waals surface area contributed by atoms with Crippen molar-refractivity contribution in [1.82, 2.24) is 15.3 Å². The number of hydrogen-bond acceptors (Lipinski definition) is 3. The first-order valence-electron chi connectivity index (χ1n) is 6.07. The van der Waals surface area contributed by atoms with Crippen LogP contribution in [-0.2, 0) is 6.54 Å².